The number of carbonyl (C=O) groups excluding carboxylic acids is 1. The fourth-order valence-corrected chi connectivity index (χ4v) is 1.53. The maximum absolute atomic E-state index is 13.6. The molecule has 0 unspecified atom stereocenters. The Hall–Kier alpha value is -0.670. The van der Waals surface area contributed by atoms with Crippen LogP contribution in [-0.2, 0) is 0 Å². The summed E-state index contributed by atoms with van der Waals surface area (Å²) in [6.07, 6.45) is 1.38. The summed E-state index contributed by atoms with van der Waals surface area (Å²) >= 11 is 8.75. The van der Waals surface area contributed by atoms with Crippen molar-refractivity contribution in [2.45, 2.75) is 13.8 Å². The van der Waals surface area contributed by atoms with Gasteiger partial charge in [0.15, 0.2) is 11.6 Å². The van der Waals surface area contributed by atoms with Gasteiger partial charge >= 0.3 is 0 Å². The number of rotatable bonds is 2. The van der Waals surface area contributed by atoms with Gasteiger partial charge in [0.25, 0.3) is 0 Å². The zero-order valence-electron chi connectivity index (χ0n) is 8.27. The minimum atomic E-state index is -0.687. The topological polar surface area (TPSA) is 17.1 Å². The molecule has 4 heteroatoms. The van der Waals surface area contributed by atoms with Crippen LogP contribution in [0.25, 0.3) is 0 Å². The van der Waals surface area contributed by atoms with Gasteiger partial charge in [-0.05, 0) is 48.0 Å². The van der Waals surface area contributed by atoms with Crippen LogP contribution < -0.4 is 0 Å². The molecule has 0 saturated carbocycles. The molecular formula is C11H9BrClFO. The van der Waals surface area contributed by atoms with Crippen molar-refractivity contribution >= 4 is 33.3 Å². The Kier molecular flexibility index (Phi) is 4.05. The molecule has 0 radical (unpaired) electrons. The predicted molar refractivity (Wildman–Crippen MR) is 62.9 cm³/mol. The first-order valence-corrected chi connectivity index (χ1v) is 5.43. The molecule has 0 N–H and O–H groups in total. The van der Waals surface area contributed by atoms with Crippen molar-refractivity contribution < 1.29 is 9.18 Å². The highest BCUT2D eigenvalue weighted by atomic mass is 79.9. The lowest BCUT2D eigenvalue weighted by atomic mass is 10.1. The van der Waals surface area contributed by atoms with Crippen molar-refractivity contribution in [3.05, 3.63) is 44.7 Å². The van der Waals surface area contributed by atoms with Crippen molar-refractivity contribution in [2.75, 3.05) is 0 Å². The van der Waals surface area contributed by atoms with E-state index in [9.17, 15) is 9.18 Å². The van der Waals surface area contributed by atoms with Crippen LogP contribution in [0.5, 0.6) is 0 Å². The maximum atomic E-state index is 13.6. The first kappa shape index (κ1) is 12.4. The first-order valence-electron chi connectivity index (χ1n) is 4.26. The summed E-state index contributed by atoms with van der Waals surface area (Å²) in [5, 5.41) is -0.0667. The summed E-state index contributed by atoms with van der Waals surface area (Å²) in [6.45, 7) is 3.55. The number of hydrogen-bond donors (Lipinski definition) is 0. The molecule has 0 atom stereocenters. The van der Waals surface area contributed by atoms with Gasteiger partial charge in [0.05, 0.1) is 10.6 Å². The normalized spacial score (nSPS) is 9.93. The van der Waals surface area contributed by atoms with Gasteiger partial charge in [0.2, 0.25) is 0 Å². The van der Waals surface area contributed by atoms with Crippen molar-refractivity contribution in [1.29, 1.82) is 0 Å². The predicted octanol–water partition coefficient (Wildman–Crippen LogP) is 4.39. The molecule has 1 aromatic carbocycles. The summed E-state index contributed by atoms with van der Waals surface area (Å²) < 4.78 is 14.0. The average molecular weight is 292 g/mol. The average Bonchev–Trinajstić information content (AvgIpc) is 2.13. The second kappa shape index (κ2) is 4.90. The van der Waals surface area contributed by atoms with E-state index in [2.05, 4.69) is 15.9 Å². The fourth-order valence-electron chi connectivity index (χ4n) is 1.06. The highest BCUT2D eigenvalue weighted by Crippen LogP contribution is 2.27. The lowest BCUT2D eigenvalue weighted by Gasteiger charge is -2.03. The first-order chi connectivity index (χ1) is 6.93. The number of allylic oxidation sites excluding steroid dienone is 2. The maximum Gasteiger partial charge on any atom is 0.188 e. The molecule has 0 spiro atoms. The van der Waals surface area contributed by atoms with Crippen LogP contribution in [0.4, 0.5) is 4.39 Å². The monoisotopic (exact) mass is 290 g/mol. The van der Waals surface area contributed by atoms with Crippen LogP contribution in [0, 0.1) is 5.82 Å². The van der Waals surface area contributed by atoms with E-state index in [1.54, 1.807) is 19.9 Å². The molecule has 0 amide bonds. The third-order valence-corrected chi connectivity index (χ3v) is 2.98. The van der Waals surface area contributed by atoms with Crippen LogP contribution in [0.15, 0.2) is 28.3 Å². The van der Waals surface area contributed by atoms with Gasteiger partial charge in [0.1, 0.15) is 0 Å². The lowest BCUT2D eigenvalue weighted by molar-refractivity contribution is 0.104. The Balaban J connectivity index is 3.23. The largest absolute Gasteiger partial charge is 0.289 e. The van der Waals surface area contributed by atoms with Gasteiger partial charge in [-0.2, -0.15) is 0 Å². The van der Waals surface area contributed by atoms with Crippen LogP contribution in [0.3, 0.4) is 0 Å². The standard InChI is InChI=1S/C11H9BrClFO/c1-6(2)5-9(15)7-3-4-8(12)10(13)11(7)14/h3-5H,1-2H3. The summed E-state index contributed by atoms with van der Waals surface area (Å²) in [5.41, 5.74) is 0.808. The SMILES string of the molecule is CC(C)=CC(=O)c1ccc(Br)c(Cl)c1F. The zero-order chi connectivity index (χ0) is 11.6. The Bertz CT molecular complexity index is 436. The summed E-state index contributed by atoms with van der Waals surface area (Å²) in [7, 11) is 0. The quantitative estimate of drug-likeness (QED) is 0.449. The highest BCUT2D eigenvalue weighted by Gasteiger charge is 2.14. The lowest BCUT2D eigenvalue weighted by Crippen LogP contribution is -2.00. The highest BCUT2D eigenvalue weighted by molar-refractivity contribution is 9.10. The van der Waals surface area contributed by atoms with E-state index in [1.165, 1.54) is 12.1 Å². The molecule has 0 saturated heterocycles. The second-order valence-electron chi connectivity index (χ2n) is 3.31. The number of halogens is 3. The third kappa shape index (κ3) is 2.89. The number of carbonyl (C=O) groups is 1. The van der Waals surface area contributed by atoms with Gasteiger partial charge < -0.3 is 0 Å². The van der Waals surface area contributed by atoms with Gasteiger partial charge in [-0.1, -0.05) is 17.2 Å². The van der Waals surface area contributed by atoms with Gasteiger partial charge in [0, 0.05) is 4.47 Å². The van der Waals surface area contributed by atoms with Crippen LogP contribution in [0.1, 0.15) is 24.2 Å². The van der Waals surface area contributed by atoms with E-state index in [1.807, 2.05) is 0 Å². The van der Waals surface area contributed by atoms with E-state index in [-0.39, 0.29) is 16.4 Å². The smallest absolute Gasteiger partial charge is 0.188 e. The Labute approximate surface area is 101 Å². The Morgan fingerprint density at radius 1 is 1.47 bits per heavy atom. The molecule has 1 rings (SSSR count). The molecule has 80 valence electrons. The van der Waals surface area contributed by atoms with Crippen LogP contribution in [-0.4, -0.2) is 5.78 Å². The third-order valence-electron chi connectivity index (χ3n) is 1.72. The van der Waals surface area contributed by atoms with Gasteiger partial charge in [-0.15, -0.1) is 0 Å². The van der Waals surface area contributed by atoms with Crippen molar-refractivity contribution in [3.63, 3.8) is 0 Å². The van der Waals surface area contributed by atoms with Crippen LogP contribution >= 0.6 is 27.5 Å². The molecule has 0 bridgehead atoms. The molecule has 0 fully saturated rings. The summed E-state index contributed by atoms with van der Waals surface area (Å²) in [5.74, 6) is -1.06. The van der Waals surface area contributed by atoms with Crippen molar-refractivity contribution in [1.82, 2.24) is 0 Å². The fraction of sp³-hybridized carbons (Fsp3) is 0.182. The Morgan fingerprint density at radius 2 is 2.07 bits per heavy atom. The van der Waals surface area contributed by atoms with E-state index in [0.717, 1.165) is 5.57 Å². The number of benzene rings is 1. The molecule has 1 aromatic rings. The molecular weight excluding hydrogens is 282 g/mol. The molecule has 0 aliphatic carbocycles. The molecule has 0 heterocycles. The van der Waals surface area contributed by atoms with E-state index < -0.39 is 5.82 Å². The summed E-state index contributed by atoms with van der Waals surface area (Å²) in [6, 6.07) is 2.96. The molecule has 15 heavy (non-hydrogen) atoms. The van der Waals surface area contributed by atoms with E-state index in [4.69, 9.17) is 11.6 Å². The molecule has 0 aliphatic rings. The number of hydrogen-bond acceptors (Lipinski definition) is 1. The zero-order valence-corrected chi connectivity index (χ0v) is 10.6. The second-order valence-corrected chi connectivity index (χ2v) is 4.54. The van der Waals surface area contributed by atoms with Crippen LogP contribution in [0.2, 0.25) is 5.02 Å². The van der Waals surface area contributed by atoms with E-state index >= 15 is 0 Å². The Morgan fingerprint density at radius 3 is 2.60 bits per heavy atom. The van der Waals surface area contributed by atoms with Crippen molar-refractivity contribution in [3.8, 4) is 0 Å². The molecule has 0 aromatic heterocycles. The van der Waals surface area contributed by atoms with Gasteiger partial charge in [-0.3, -0.25) is 4.79 Å². The minimum absolute atomic E-state index is 0.00981. The summed E-state index contributed by atoms with van der Waals surface area (Å²) in [4.78, 5) is 11.5. The van der Waals surface area contributed by atoms with Crippen molar-refractivity contribution in [2.24, 2.45) is 0 Å². The molecule has 0 aliphatic heterocycles. The molecule has 1 nitrogen and oxygen atoms in total. The minimum Gasteiger partial charge on any atom is -0.289 e. The number of ketones is 1. The van der Waals surface area contributed by atoms with E-state index in [0.29, 0.717) is 4.47 Å². The van der Waals surface area contributed by atoms with Gasteiger partial charge in [-0.25, -0.2) is 4.39 Å².